The fourth-order valence-electron chi connectivity index (χ4n) is 2.92. The second-order valence-corrected chi connectivity index (χ2v) is 5.75. The van der Waals surface area contributed by atoms with Gasteiger partial charge in [-0.1, -0.05) is 45.4 Å². The molecule has 1 fully saturated rings. The van der Waals surface area contributed by atoms with Crippen LogP contribution in [-0.2, 0) is 0 Å². The van der Waals surface area contributed by atoms with E-state index in [0.29, 0.717) is 18.6 Å². The van der Waals surface area contributed by atoms with E-state index in [9.17, 15) is 5.11 Å². The molecule has 1 aliphatic rings. The molecule has 2 nitrogen and oxygen atoms in total. The Morgan fingerprint density at radius 1 is 1.18 bits per heavy atom. The Kier molecular flexibility index (Phi) is 7.87. The quantitative estimate of drug-likeness (QED) is 0.670. The highest BCUT2D eigenvalue weighted by Crippen LogP contribution is 2.30. The summed E-state index contributed by atoms with van der Waals surface area (Å²) in [6.45, 7) is 5.90. The molecule has 0 saturated heterocycles. The lowest BCUT2D eigenvalue weighted by atomic mass is 9.84. The van der Waals surface area contributed by atoms with Crippen molar-refractivity contribution in [2.24, 2.45) is 11.8 Å². The topological polar surface area (TPSA) is 32.3 Å². The first-order valence-electron chi connectivity index (χ1n) is 7.62. The lowest BCUT2D eigenvalue weighted by Gasteiger charge is -2.25. The average Bonchev–Trinajstić information content (AvgIpc) is 2.63. The first-order valence-corrected chi connectivity index (χ1v) is 7.62. The molecule has 2 N–H and O–H groups in total. The van der Waals surface area contributed by atoms with Crippen molar-refractivity contribution in [1.29, 1.82) is 0 Å². The summed E-state index contributed by atoms with van der Waals surface area (Å²) in [4.78, 5) is 0. The Morgan fingerprint density at radius 3 is 2.35 bits per heavy atom. The fraction of sp³-hybridized carbons (Fsp3) is 1.00. The molecular formula is C15H31NO. The number of hydrogen-bond donors (Lipinski definition) is 2. The Hall–Kier alpha value is -0.0800. The van der Waals surface area contributed by atoms with Gasteiger partial charge in [0.15, 0.2) is 0 Å². The van der Waals surface area contributed by atoms with Crippen LogP contribution in [0.4, 0.5) is 0 Å². The van der Waals surface area contributed by atoms with Crippen LogP contribution >= 0.6 is 0 Å². The van der Waals surface area contributed by atoms with E-state index in [2.05, 4.69) is 19.2 Å². The van der Waals surface area contributed by atoms with Crippen molar-refractivity contribution in [1.82, 2.24) is 5.32 Å². The van der Waals surface area contributed by atoms with Crippen LogP contribution in [-0.4, -0.2) is 24.3 Å². The first-order chi connectivity index (χ1) is 8.27. The zero-order valence-corrected chi connectivity index (χ0v) is 11.8. The molecule has 0 spiro atoms. The van der Waals surface area contributed by atoms with Gasteiger partial charge in [0.1, 0.15) is 0 Å². The monoisotopic (exact) mass is 241 g/mol. The predicted molar refractivity (Wildman–Crippen MR) is 74.1 cm³/mol. The fourth-order valence-corrected chi connectivity index (χ4v) is 2.92. The van der Waals surface area contributed by atoms with Crippen LogP contribution in [0, 0.1) is 11.8 Å². The highest BCUT2D eigenvalue weighted by atomic mass is 16.3. The van der Waals surface area contributed by atoms with Gasteiger partial charge in [0.05, 0.1) is 0 Å². The minimum atomic E-state index is 0.382. The van der Waals surface area contributed by atoms with Gasteiger partial charge in [0.25, 0.3) is 0 Å². The Labute approximate surface area is 107 Å². The molecule has 0 radical (unpaired) electrons. The zero-order valence-electron chi connectivity index (χ0n) is 11.8. The lowest BCUT2D eigenvalue weighted by molar-refractivity contribution is 0.154. The van der Waals surface area contributed by atoms with Crippen molar-refractivity contribution in [3.05, 3.63) is 0 Å². The molecule has 0 aromatic rings. The van der Waals surface area contributed by atoms with E-state index in [-0.39, 0.29) is 0 Å². The van der Waals surface area contributed by atoms with Crippen LogP contribution in [0.3, 0.4) is 0 Å². The van der Waals surface area contributed by atoms with Crippen LogP contribution in [0.25, 0.3) is 0 Å². The van der Waals surface area contributed by atoms with Crippen molar-refractivity contribution < 1.29 is 5.11 Å². The third-order valence-electron chi connectivity index (χ3n) is 4.42. The van der Waals surface area contributed by atoms with Gasteiger partial charge in [-0.15, -0.1) is 0 Å². The van der Waals surface area contributed by atoms with Gasteiger partial charge in [-0.3, -0.25) is 0 Å². The number of rotatable bonds is 7. The third-order valence-corrected chi connectivity index (χ3v) is 4.42. The highest BCUT2D eigenvalue weighted by molar-refractivity contribution is 4.74. The average molecular weight is 241 g/mol. The summed E-state index contributed by atoms with van der Waals surface area (Å²) in [7, 11) is 0. The SMILES string of the molecule is CCC(C)NCCC(CO)C1CCCCCC1. The maximum Gasteiger partial charge on any atom is 0.0462 e. The van der Waals surface area contributed by atoms with Gasteiger partial charge < -0.3 is 10.4 Å². The van der Waals surface area contributed by atoms with Gasteiger partial charge in [-0.2, -0.15) is 0 Å². The maximum absolute atomic E-state index is 9.56. The second-order valence-electron chi connectivity index (χ2n) is 5.75. The highest BCUT2D eigenvalue weighted by Gasteiger charge is 2.21. The number of aliphatic hydroxyl groups is 1. The van der Waals surface area contributed by atoms with Gasteiger partial charge in [-0.05, 0) is 38.1 Å². The summed E-state index contributed by atoms with van der Waals surface area (Å²) >= 11 is 0. The third kappa shape index (κ3) is 5.87. The van der Waals surface area contributed by atoms with Crippen molar-refractivity contribution in [3.8, 4) is 0 Å². The van der Waals surface area contributed by atoms with Crippen LogP contribution in [0.15, 0.2) is 0 Å². The van der Waals surface area contributed by atoms with Gasteiger partial charge >= 0.3 is 0 Å². The summed E-state index contributed by atoms with van der Waals surface area (Å²) in [6, 6.07) is 0.614. The van der Waals surface area contributed by atoms with E-state index in [1.807, 2.05) is 0 Å². The van der Waals surface area contributed by atoms with E-state index in [1.165, 1.54) is 44.9 Å². The van der Waals surface area contributed by atoms with Crippen LogP contribution in [0.1, 0.15) is 65.2 Å². The zero-order chi connectivity index (χ0) is 12.5. The normalized spacial score (nSPS) is 22.1. The molecule has 0 aromatic heterocycles. The van der Waals surface area contributed by atoms with E-state index in [1.54, 1.807) is 0 Å². The molecule has 2 heteroatoms. The number of hydrogen-bond acceptors (Lipinski definition) is 2. The van der Waals surface area contributed by atoms with Crippen molar-refractivity contribution in [2.75, 3.05) is 13.2 Å². The molecule has 0 amide bonds. The Bertz CT molecular complexity index is 176. The van der Waals surface area contributed by atoms with E-state index >= 15 is 0 Å². The van der Waals surface area contributed by atoms with Crippen molar-refractivity contribution in [2.45, 2.75) is 71.3 Å². The first kappa shape index (κ1) is 15.0. The molecule has 2 unspecified atom stereocenters. The molecule has 1 saturated carbocycles. The van der Waals surface area contributed by atoms with Crippen LogP contribution in [0.2, 0.25) is 0 Å². The molecule has 1 rings (SSSR count). The molecule has 17 heavy (non-hydrogen) atoms. The molecule has 1 aliphatic carbocycles. The molecule has 0 aromatic carbocycles. The van der Waals surface area contributed by atoms with Crippen molar-refractivity contribution in [3.63, 3.8) is 0 Å². The minimum absolute atomic E-state index is 0.382. The summed E-state index contributed by atoms with van der Waals surface area (Å²) in [5.74, 6) is 1.31. The summed E-state index contributed by atoms with van der Waals surface area (Å²) in [5, 5.41) is 13.1. The second kappa shape index (κ2) is 8.93. The molecule has 0 bridgehead atoms. The van der Waals surface area contributed by atoms with E-state index < -0.39 is 0 Å². The standard InChI is InChI=1S/C15H31NO/c1-3-13(2)16-11-10-15(12-17)14-8-6-4-5-7-9-14/h13-17H,3-12H2,1-2H3. The van der Waals surface area contributed by atoms with E-state index in [4.69, 9.17) is 0 Å². The summed E-state index contributed by atoms with van der Waals surface area (Å²) in [5.41, 5.74) is 0. The summed E-state index contributed by atoms with van der Waals surface area (Å²) in [6.07, 6.45) is 10.6. The van der Waals surface area contributed by atoms with Gasteiger partial charge in [0, 0.05) is 12.6 Å². The minimum Gasteiger partial charge on any atom is -0.396 e. The lowest BCUT2D eigenvalue weighted by Crippen LogP contribution is -2.30. The maximum atomic E-state index is 9.56. The van der Waals surface area contributed by atoms with E-state index in [0.717, 1.165) is 18.9 Å². The smallest absolute Gasteiger partial charge is 0.0462 e. The number of nitrogens with one attached hydrogen (secondary N) is 1. The van der Waals surface area contributed by atoms with Gasteiger partial charge in [-0.25, -0.2) is 0 Å². The van der Waals surface area contributed by atoms with Crippen LogP contribution in [0.5, 0.6) is 0 Å². The molecule has 102 valence electrons. The molecule has 2 atom stereocenters. The Morgan fingerprint density at radius 2 is 1.82 bits per heavy atom. The van der Waals surface area contributed by atoms with Crippen LogP contribution < -0.4 is 5.32 Å². The summed E-state index contributed by atoms with van der Waals surface area (Å²) < 4.78 is 0. The van der Waals surface area contributed by atoms with Gasteiger partial charge in [0.2, 0.25) is 0 Å². The van der Waals surface area contributed by atoms with Crippen molar-refractivity contribution >= 4 is 0 Å². The largest absolute Gasteiger partial charge is 0.396 e. The molecule has 0 heterocycles. The Balaban J connectivity index is 2.25. The molecule has 0 aliphatic heterocycles. The molecular weight excluding hydrogens is 210 g/mol. The predicted octanol–water partition coefficient (Wildman–Crippen LogP) is 3.34. The number of aliphatic hydroxyl groups excluding tert-OH is 1.